The number of aliphatic imine (C=N–C) groups is 1. The number of hydrogen-bond acceptors (Lipinski definition) is 2. The number of guanidine groups is 1. The molecule has 2 rings (SSSR count). The van der Waals surface area contributed by atoms with Gasteiger partial charge in [-0.15, -0.1) is 24.0 Å². The summed E-state index contributed by atoms with van der Waals surface area (Å²) in [7, 11) is 0. The van der Waals surface area contributed by atoms with Crippen molar-refractivity contribution < 1.29 is 0 Å². The summed E-state index contributed by atoms with van der Waals surface area (Å²) in [6.45, 7) is 11.3. The molecule has 118 valence electrons. The number of hydrogen-bond donors (Lipinski definition) is 1. The minimum atomic E-state index is 0. The molecule has 0 aromatic carbocycles. The maximum absolute atomic E-state index is 6.14. The van der Waals surface area contributed by atoms with Crippen LogP contribution < -0.4 is 5.73 Å². The summed E-state index contributed by atoms with van der Waals surface area (Å²) < 4.78 is 0. The van der Waals surface area contributed by atoms with Gasteiger partial charge in [-0.25, -0.2) is 0 Å². The number of rotatable bonds is 4. The molecule has 2 aliphatic heterocycles. The van der Waals surface area contributed by atoms with Crippen LogP contribution in [-0.4, -0.2) is 55.0 Å². The first kappa shape index (κ1) is 18.0. The van der Waals surface area contributed by atoms with E-state index < -0.39 is 0 Å². The van der Waals surface area contributed by atoms with Crippen molar-refractivity contribution in [1.29, 1.82) is 0 Å². The summed E-state index contributed by atoms with van der Waals surface area (Å²) in [4.78, 5) is 9.48. The molecule has 5 heteroatoms. The van der Waals surface area contributed by atoms with Crippen molar-refractivity contribution in [2.75, 3.05) is 39.3 Å². The molecule has 20 heavy (non-hydrogen) atoms. The SMILES string of the molecule is CCCN1CCC(CN=C(N)N2CCCC(C)C2)C1.I. The van der Waals surface area contributed by atoms with E-state index in [4.69, 9.17) is 5.73 Å². The van der Waals surface area contributed by atoms with Gasteiger partial charge in [-0.3, -0.25) is 4.99 Å². The van der Waals surface area contributed by atoms with Crippen molar-refractivity contribution in [2.24, 2.45) is 22.6 Å². The molecule has 2 N–H and O–H groups in total. The smallest absolute Gasteiger partial charge is 0.191 e. The van der Waals surface area contributed by atoms with Crippen molar-refractivity contribution in [3.05, 3.63) is 0 Å². The van der Waals surface area contributed by atoms with Crippen LogP contribution in [0.25, 0.3) is 0 Å². The topological polar surface area (TPSA) is 44.9 Å². The number of halogens is 1. The van der Waals surface area contributed by atoms with Gasteiger partial charge in [0.25, 0.3) is 0 Å². The standard InChI is InChI=1S/C15H30N4.HI/c1-3-7-18-9-6-14(12-18)10-17-15(16)19-8-4-5-13(2)11-19;/h13-14H,3-12H2,1-2H3,(H2,16,17);1H. The van der Waals surface area contributed by atoms with Gasteiger partial charge in [-0.05, 0) is 50.6 Å². The third-order valence-electron chi connectivity index (χ3n) is 4.40. The zero-order valence-electron chi connectivity index (χ0n) is 13.1. The highest BCUT2D eigenvalue weighted by Gasteiger charge is 2.22. The lowest BCUT2D eigenvalue weighted by Crippen LogP contribution is -2.43. The van der Waals surface area contributed by atoms with Gasteiger partial charge in [0, 0.05) is 26.2 Å². The van der Waals surface area contributed by atoms with E-state index in [9.17, 15) is 0 Å². The summed E-state index contributed by atoms with van der Waals surface area (Å²) in [6.07, 6.45) is 5.13. The molecule has 0 saturated carbocycles. The molecule has 0 spiro atoms. The zero-order valence-corrected chi connectivity index (χ0v) is 15.4. The van der Waals surface area contributed by atoms with Crippen molar-refractivity contribution >= 4 is 29.9 Å². The molecule has 2 saturated heterocycles. The minimum Gasteiger partial charge on any atom is -0.370 e. The first-order valence-electron chi connectivity index (χ1n) is 7.96. The highest BCUT2D eigenvalue weighted by Crippen LogP contribution is 2.18. The summed E-state index contributed by atoms with van der Waals surface area (Å²) in [6, 6.07) is 0. The van der Waals surface area contributed by atoms with E-state index in [0.717, 1.165) is 31.5 Å². The molecule has 2 atom stereocenters. The van der Waals surface area contributed by atoms with Crippen molar-refractivity contribution in [3.8, 4) is 0 Å². The van der Waals surface area contributed by atoms with E-state index in [1.807, 2.05) is 0 Å². The largest absolute Gasteiger partial charge is 0.370 e. The van der Waals surface area contributed by atoms with Crippen LogP contribution in [0.5, 0.6) is 0 Å². The van der Waals surface area contributed by atoms with E-state index in [2.05, 4.69) is 28.6 Å². The first-order valence-corrected chi connectivity index (χ1v) is 7.96. The van der Waals surface area contributed by atoms with Crippen LogP contribution >= 0.6 is 24.0 Å². The minimum absolute atomic E-state index is 0. The number of nitrogens with zero attached hydrogens (tertiary/aromatic N) is 3. The summed E-state index contributed by atoms with van der Waals surface area (Å²) in [5, 5.41) is 0. The average molecular weight is 394 g/mol. The average Bonchev–Trinajstić information content (AvgIpc) is 2.84. The van der Waals surface area contributed by atoms with Gasteiger partial charge in [0.2, 0.25) is 0 Å². The van der Waals surface area contributed by atoms with Gasteiger partial charge in [0.05, 0.1) is 0 Å². The second-order valence-electron chi connectivity index (χ2n) is 6.35. The van der Waals surface area contributed by atoms with Gasteiger partial charge in [0.15, 0.2) is 5.96 Å². The van der Waals surface area contributed by atoms with Crippen molar-refractivity contribution in [1.82, 2.24) is 9.80 Å². The fourth-order valence-corrected chi connectivity index (χ4v) is 3.30. The lowest BCUT2D eigenvalue weighted by molar-refractivity contribution is 0.269. The molecule has 0 radical (unpaired) electrons. The van der Waals surface area contributed by atoms with Crippen LogP contribution in [-0.2, 0) is 0 Å². The van der Waals surface area contributed by atoms with Crippen LogP contribution in [0, 0.1) is 11.8 Å². The lowest BCUT2D eigenvalue weighted by atomic mass is 10.0. The predicted molar refractivity (Wildman–Crippen MR) is 96.7 cm³/mol. The Hall–Kier alpha value is -0.0400. The molecule has 2 unspecified atom stereocenters. The van der Waals surface area contributed by atoms with Gasteiger partial charge >= 0.3 is 0 Å². The fourth-order valence-electron chi connectivity index (χ4n) is 3.30. The second kappa shape index (κ2) is 9.07. The van der Waals surface area contributed by atoms with Crippen molar-refractivity contribution in [2.45, 2.75) is 39.5 Å². The van der Waals surface area contributed by atoms with Crippen LogP contribution in [0.1, 0.15) is 39.5 Å². The molecule has 0 aromatic heterocycles. The van der Waals surface area contributed by atoms with Gasteiger partial charge < -0.3 is 15.5 Å². The Labute approximate surface area is 141 Å². The Morgan fingerprint density at radius 3 is 2.75 bits per heavy atom. The Bertz CT molecular complexity index is 308. The van der Waals surface area contributed by atoms with Gasteiger partial charge in [0.1, 0.15) is 0 Å². The van der Waals surface area contributed by atoms with Gasteiger partial charge in [-0.2, -0.15) is 0 Å². The Kier molecular flexibility index (Phi) is 8.17. The zero-order chi connectivity index (χ0) is 13.7. The monoisotopic (exact) mass is 394 g/mol. The van der Waals surface area contributed by atoms with Crippen molar-refractivity contribution in [3.63, 3.8) is 0 Å². The predicted octanol–water partition coefficient (Wildman–Crippen LogP) is 2.38. The molecule has 0 amide bonds. The van der Waals surface area contributed by atoms with E-state index in [0.29, 0.717) is 5.92 Å². The number of likely N-dealkylation sites (tertiary alicyclic amines) is 2. The summed E-state index contributed by atoms with van der Waals surface area (Å²) in [5.74, 6) is 2.25. The Morgan fingerprint density at radius 2 is 2.05 bits per heavy atom. The van der Waals surface area contributed by atoms with E-state index >= 15 is 0 Å². The second-order valence-corrected chi connectivity index (χ2v) is 6.35. The summed E-state index contributed by atoms with van der Waals surface area (Å²) >= 11 is 0. The Balaban J connectivity index is 0.00000200. The third-order valence-corrected chi connectivity index (χ3v) is 4.40. The number of piperidine rings is 1. The maximum Gasteiger partial charge on any atom is 0.191 e. The summed E-state index contributed by atoms with van der Waals surface area (Å²) in [5.41, 5.74) is 6.14. The molecule has 0 aliphatic carbocycles. The van der Waals surface area contributed by atoms with E-state index in [1.165, 1.54) is 45.3 Å². The third kappa shape index (κ3) is 5.39. The molecule has 2 fully saturated rings. The molecular formula is C15H31IN4. The van der Waals surface area contributed by atoms with Crippen LogP contribution in [0.2, 0.25) is 0 Å². The molecule has 2 heterocycles. The maximum atomic E-state index is 6.14. The normalized spacial score (nSPS) is 28.5. The van der Waals surface area contributed by atoms with Crippen LogP contribution in [0.15, 0.2) is 4.99 Å². The first-order chi connectivity index (χ1) is 9.19. The van der Waals surface area contributed by atoms with Crippen LogP contribution in [0.3, 0.4) is 0 Å². The highest BCUT2D eigenvalue weighted by atomic mass is 127. The lowest BCUT2D eigenvalue weighted by Gasteiger charge is -2.31. The molecule has 2 aliphatic rings. The van der Waals surface area contributed by atoms with Crippen LogP contribution in [0.4, 0.5) is 0 Å². The quantitative estimate of drug-likeness (QED) is 0.453. The molecule has 0 bridgehead atoms. The van der Waals surface area contributed by atoms with E-state index in [-0.39, 0.29) is 24.0 Å². The molecular weight excluding hydrogens is 363 g/mol. The fraction of sp³-hybridized carbons (Fsp3) is 0.933. The van der Waals surface area contributed by atoms with Gasteiger partial charge in [-0.1, -0.05) is 13.8 Å². The number of nitrogens with two attached hydrogens (primary N) is 1. The molecule has 0 aromatic rings. The highest BCUT2D eigenvalue weighted by molar-refractivity contribution is 14.0. The van der Waals surface area contributed by atoms with E-state index in [1.54, 1.807) is 0 Å². The molecule has 4 nitrogen and oxygen atoms in total. The Morgan fingerprint density at radius 1 is 1.25 bits per heavy atom.